The molecule has 0 atom stereocenters. The topological polar surface area (TPSA) is 84.6 Å². The van der Waals surface area contributed by atoms with E-state index >= 15 is 0 Å². The van der Waals surface area contributed by atoms with Gasteiger partial charge in [0.15, 0.2) is 0 Å². The molecule has 0 saturated carbocycles. The maximum absolute atomic E-state index is 11.9. The molecular formula is C19H21N3O3S. The molecule has 0 aliphatic heterocycles. The molecule has 0 saturated heterocycles. The average Bonchev–Trinajstić information content (AvgIpc) is 2.62. The van der Waals surface area contributed by atoms with Gasteiger partial charge in [-0.3, -0.25) is 14.9 Å². The molecule has 1 amide bonds. The Labute approximate surface area is 156 Å². The van der Waals surface area contributed by atoms with Crippen molar-refractivity contribution in [2.45, 2.75) is 26.5 Å². The van der Waals surface area contributed by atoms with Gasteiger partial charge in [0.25, 0.3) is 5.69 Å². The Kier molecular flexibility index (Phi) is 6.91. The van der Waals surface area contributed by atoms with Crippen LogP contribution in [-0.4, -0.2) is 22.3 Å². The van der Waals surface area contributed by atoms with Crippen LogP contribution in [0.4, 0.5) is 5.69 Å². The fourth-order valence-corrected chi connectivity index (χ4v) is 3.12. The van der Waals surface area contributed by atoms with Gasteiger partial charge < -0.3 is 0 Å². The van der Waals surface area contributed by atoms with Crippen LogP contribution in [0.2, 0.25) is 0 Å². The number of benzene rings is 2. The van der Waals surface area contributed by atoms with Crippen LogP contribution in [-0.2, 0) is 10.5 Å². The van der Waals surface area contributed by atoms with Crippen molar-refractivity contribution in [2.75, 3.05) is 5.75 Å². The molecule has 0 radical (unpaired) electrons. The maximum atomic E-state index is 11.9. The third kappa shape index (κ3) is 5.70. The highest BCUT2D eigenvalue weighted by Crippen LogP contribution is 2.16. The largest absolute Gasteiger partial charge is 0.272 e. The van der Waals surface area contributed by atoms with Gasteiger partial charge >= 0.3 is 0 Å². The second kappa shape index (κ2) is 9.15. The van der Waals surface area contributed by atoms with Gasteiger partial charge in [0.1, 0.15) is 0 Å². The Morgan fingerprint density at radius 1 is 1.19 bits per heavy atom. The first kappa shape index (κ1) is 19.7. The van der Waals surface area contributed by atoms with Crippen LogP contribution < -0.4 is 5.43 Å². The zero-order chi connectivity index (χ0) is 19.1. The Bertz CT molecular complexity index is 832. The summed E-state index contributed by atoms with van der Waals surface area (Å²) in [5.41, 5.74) is 7.61. The van der Waals surface area contributed by atoms with Gasteiger partial charge in [-0.1, -0.05) is 29.8 Å². The van der Waals surface area contributed by atoms with Gasteiger partial charge in [0.05, 0.1) is 16.4 Å². The Hall–Kier alpha value is -2.67. The molecule has 0 fully saturated rings. The van der Waals surface area contributed by atoms with Gasteiger partial charge in [-0.25, -0.2) is 5.43 Å². The molecule has 2 rings (SSSR count). The normalized spacial score (nSPS) is 11.3. The SMILES string of the molecule is CC(=NNC(=O)CSCc1ccc([N+](=O)[O-])cc1)c1cc(C)ccc1C. The highest BCUT2D eigenvalue weighted by molar-refractivity contribution is 7.99. The number of aryl methyl sites for hydroxylation is 2. The molecule has 7 heteroatoms. The number of hydrogen-bond donors (Lipinski definition) is 1. The quantitative estimate of drug-likeness (QED) is 0.453. The molecule has 136 valence electrons. The lowest BCUT2D eigenvalue weighted by atomic mass is 10.0. The summed E-state index contributed by atoms with van der Waals surface area (Å²) in [6.45, 7) is 5.89. The summed E-state index contributed by atoms with van der Waals surface area (Å²) in [5.74, 6) is 0.688. The van der Waals surface area contributed by atoms with Gasteiger partial charge in [-0.05, 0) is 38.0 Å². The Morgan fingerprint density at radius 3 is 2.54 bits per heavy atom. The first-order valence-corrected chi connectivity index (χ1v) is 9.24. The first-order chi connectivity index (χ1) is 12.4. The number of carbonyl (C=O) groups is 1. The summed E-state index contributed by atoms with van der Waals surface area (Å²) in [5, 5.41) is 14.8. The van der Waals surface area contributed by atoms with Crippen molar-refractivity contribution in [3.63, 3.8) is 0 Å². The van der Waals surface area contributed by atoms with Gasteiger partial charge in [0.2, 0.25) is 5.91 Å². The molecule has 6 nitrogen and oxygen atoms in total. The Morgan fingerprint density at radius 2 is 1.88 bits per heavy atom. The summed E-state index contributed by atoms with van der Waals surface area (Å²) in [4.78, 5) is 22.1. The highest BCUT2D eigenvalue weighted by Gasteiger charge is 2.06. The van der Waals surface area contributed by atoms with Crippen molar-refractivity contribution in [3.8, 4) is 0 Å². The number of non-ortho nitro benzene ring substituents is 1. The van der Waals surface area contributed by atoms with Crippen molar-refractivity contribution in [1.29, 1.82) is 0 Å². The van der Waals surface area contributed by atoms with Crippen LogP contribution >= 0.6 is 11.8 Å². The number of nitro groups is 1. The third-order valence-electron chi connectivity index (χ3n) is 3.78. The van der Waals surface area contributed by atoms with Crippen molar-refractivity contribution in [1.82, 2.24) is 5.43 Å². The Balaban J connectivity index is 1.83. The number of carbonyl (C=O) groups excluding carboxylic acids is 1. The monoisotopic (exact) mass is 371 g/mol. The summed E-state index contributed by atoms with van der Waals surface area (Å²) < 4.78 is 0. The van der Waals surface area contributed by atoms with E-state index in [1.807, 2.05) is 39.0 Å². The zero-order valence-electron chi connectivity index (χ0n) is 15.0. The molecule has 0 aromatic heterocycles. The van der Waals surface area contributed by atoms with E-state index < -0.39 is 4.92 Å². The molecule has 0 aliphatic carbocycles. The minimum absolute atomic E-state index is 0.0627. The van der Waals surface area contributed by atoms with E-state index in [4.69, 9.17) is 0 Å². The van der Waals surface area contributed by atoms with Crippen LogP contribution in [0.5, 0.6) is 0 Å². The molecule has 0 heterocycles. The van der Waals surface area contributed by atoms with Crippen LogP contribution in [0.15, 0.2) is 47.6 Å². The molecule has 0 bridgehead atoms. The van der Waals surface area contributed by atoms with Gasteiger partial charge in [0, 0.05) is 23.4 Å². The second-order valence-electron chi connectivity index (χ2n) is 5.97. The van der Waals surface area contributed by atoms with Gasteiger partial charge in [-0.2, -0.15) is 5.10 Å². The molecule has 0 spiro atoms. The molecule has 1 N–H and O–H groups in total. The summed E-state index contributed by atoms with van der Waals surface area (Å²) in [6.07, 6.45) is 0. The molecule has 0 aliphatic rings. The lowest BCUT2D eigenvalue weighted by molar-refractivity contribution is -0.384. The molecular weight excluding hydrogens is 350 g/mol. The number of nitro benzene ring substituents is 1. The van der Waals surface area contributed by atoms with E-state index in [1.165, 1.54) is 23.9 Å². The maximum Gasteiger partial charge on any atom is 0.269 e. The number of thioether (sulfide) groups is 1. The van der Waals surface area contributed by atoms with E-state index in [-0.39, 0.29) is 17.3 Å². The number of nitrogens with zero attached hydrogens (tertiary/aromatic N) is 2. The fourth-order valence-electron chi connectivity index (χ4n) is 2.34. The number of hydrazone groups is 1. The van der Waals surface area contributed by atoms with E-state index in [9.17, 15) is 14.9 Å². The van der Waals surface area contributed by atoms with E-state index in [2.05, 4.69) is 10.5 Å². The zero-order valence-corrected chi connectivity index (χ0v) is 15.8. The number of nitrogens with one attached hydrogen (secondary N) is 1. The van der Waals surface area contributed by atoms with Crippen LogP contribution in [0.1, 0.15) is 29.2 Å². The van der Waals surface area contributed by atoms with E-state index in [0.717, 1.165) is 28.0 Å². The highest BCUT2D eigenvalue weighted by atomic mass is 32.2. The fraction of sp³-hybridized carbons (Fsp3) is 0.263. The average molecular weight is 371 g/mol. The number of rotatable bonds is 7. The molecule has 26 heavy (non-hydrogen) atoms. The van der Waals surface area contributed by atoms with Crippen molar-refractivity contribution < 1.29 is 9.72 Å². The minimum Gasteiger partial charge on any atom is -0.272 e. The molecule has 2 aromatic carbocycles. The van der Waals surface area contributed by atoms with Crippen LogP contribution in [0.3, 0.4) is 0 Å². The smallest absolute Gasteiger partial charge is 0.269 e. The lowest BCUT2D eigenvalue weighted by Crippen LogP contribution is -2.21. The standard InChI is InChI=1S/C19H21N3O3S/c1-13-4-5-14(2)18(10-13)15(3)20-21-19(23)12-26-11-16-6-8-17(9-7-16)22(24)25/h4-10H,11-12H2,1-3H3,(H,21,23). The van der Waals surface area contributed by atoms with E-state index in [1.54, 1.807) is 12.1 Å². The number of amides is 1. The van der Waals surface area contributed by atoms with Crippen molar-refractivity contribution in [3.05, 3.63) is 74.8 Å². The summed E-state index contributed by atoms with van der Waals surface area (Å²) >= 11 is 1.43. The first-order valence-electron chi connectivity index (χ1n) is 8.08. The van der Waals surface area contributed by atoms with Crippen LogP contribution in [0.25, 0.3) is 0 Å². The minimum atomic E-state index is -0.430. The second-order valence-corrected chi connectivity index (χ2v) is 6.95. The van der Waals surface area contributed by atoms with E-state index in [0.29, 0.717) is 5.75 Å². The van der Waals surface area contributed by atoms with Gasteiger partial charge in [-0.15, -0.1) is 11.8 Å². The van der Waals surface area contributed by atoms with Crippen molar-refractivity contribution >= 4 is 29.1 Å². The predicted molar refractivity (Wildman–Crippen MR) is 106 cm³/mol. The predicted octanol–water partition coefficient (Wildman–Crippen LogP) is 3.99. The molecule has 0 unspecified atom stereocenters. The van der Waals surface area contributed by atoms with Crippen LogP contribution in [0, 0.1) is 24.0 Å². The van der Waals surface area contributed by atoms with Crippen molar-refractivity contribution in [2.24, 2.45) is 5.10 Å². The summed E-state index contributed by atoms with van der Waals surface area (Å²) in [6, 6.07) is 12.5. The number of hydrogen-bond acceptors (Lipinski definition) is 5. The third-order valence-corrected chi connectivity index (χ3v) is 4.78. The summed E-state index contributed by atoms with van der Waals surface area (Å²) in [7, 11) is 0. The lowest BCUT2D eigenvalue weighted by Gasteiger charge is -2.07. The molecule has 2 aromatic rings.